The SMILES string of the molecule is [B]C1([B])[B]c2ccc(OC3CCNCC3C)cc2O1. The van der Waals surface area contributed by atoms with Gasteiger partial charge in [0.05, 0.1) is 0 Å². The van der Waals surface area contributed by atoms with Gasteiger partial charge in [-0.2, -0.15) is 0 Å². The zero-order valence-electron chi connectivity index (χ0n) is 11.1. The lowest BCUT2D eigenvalue weighted by atomic mass is 9.40. The van der Waals surface area contributed by atoms with Crippen molar-refractivity contribution in [2.45, 2.75) is 24.7 Å². The largest absolute Gasteiger partial charge is 0.515 e. The van der Waals surface area contributed by atoms with Crippen LogP contribution in [0.3, 0.4) is 0 Å². The molecule has 0 bridgehead atoms. The van der Waals surface area contributed by atoms with Crippen LogP contribution >= 0.6 is 0 Å². The van der Waals surface area contributed by atoms with E-state index < -0.39 is 5.30 Å². The monoisotopic (exact) mass is 250 g/mol. The maximum atomic E-state index is 6.05. The summed E-state index contributed by atoms with van der Waals surface area (Å²) in [7, 11) is 13.2. The molecule has 1 aromatic rings. The second-order valence-corrected chi connectivity index (χ2v) is 5.43. The van der Waals surface area contributed by atoms with E-state index in [0.717, 1.165) is 30.7 Å². The van der Waals surface area contributed by atoms with E-state index in [0.29, 0.717) is 11.7 Å². The van der Waals surface area contributed by atoms with Gasteiger partial charge in [-0.15, -0.1) is 0 Å². The summed E-state index contributed by atoms with van der Waals surface area (Å²) in [4.78, 5) is 0. The van der Waals surface area contributed by atoms with Gasteiger partial charge in [-0.25, -0.2) is 0 Å². The number of hydrogen-bond donors (Lipinski definition) is 1. The van der Waals surface area contributed by atoms with E-state index in [1.165, 1.54) is 0 Å². The highest BCUT2D eigenvalue weighted by Crippen LogP contribution is 2.27. The lowest BCUT2D eigenvalue weighted by molar-refractivity contribution is 0.111. The number of rotatable bonds is 2. The van der Waals surface area contributed by atoms with Gasteiger partial charge in [0, 0.05) is 23.8 Å². The first-order chi connectivity index (χ1) is 9.03. The minimum atomic E-state index is -1.21. The number of hydrogen-bond acceptors (Lipinski definition) is 3. The maximum absolute atomic E-state index is 6.05. The highest BCUT2D eigenvalue weighted by Gasteiger charge is 2.31. The minimum Gasteiger partial charge on any atom is -0.515 e. The van der Waals surface area contributed by atoms with Crippen LogP contribution in [0.1, 0.15) is 13.3 Å². The molecule has 0 amide bonds. The fraction of sp³-hybridized carbons (Fsp3) is 0.538. The van der Waals surface area contributed by atoms with Gasteiger partial charge in [0.1, 0.15) is 33.3 Å². The van der Waals surface area contributed by atoms with Crippen LogP contribution < -0.4 is 20.3 Å². The average molecular weight is 250 g/mol. The van der Waals surface area contributed by atoms with Crippen LogP contribution in [0, 0.1) is 5.92 Å². The van der Waals surface area contributed by atoms with Crippen molar-refractivity contribution in [2.24, 2.45) is 5.92 Å². The van der Waals surface area contributed by atoms with Crippen LogP contribution in [0.5, 0.6) is 11.5 Å². The molecule has 1 N–H and O–H groups in total. The van der Waals surface area contributed by atoms with Crippen molar-refractivity contribution in [3.63, 3.8) is 0 Å². The normalized spacial score (nSPS) is 28.1. The van der Waals surface area contributed by atoms with Crippen LogP contribution in [-0.4, -0.2) is 47.5 Å². The standard InChI is InChI=1S/C13H15B3NO2/c1-8-7-17-5-4-11(8)18-9-2-3-10-12(6-9)19-13(14,15)16-10/h2-3,6,8,11,17H,4-5,7H2,1H3. The summed E-state index contributed by atoms with van der Waals surface area (Å²) >= 11 is 0. The summed E-state index contributed by atoms with van der Waals surface area (Å²) in [6.07, 6.45) is 1.26. The smallest absolute Gasteiger partial charge is 0.189 e. The van der Waals surface area contributed by atoms with E-state index in [9.17, 15) is 0 Å². The van der Waals surface area contributed by atoms with Crippen LogP contribution in [0.25, 0.3) is 0 Å². The highest BCUT2D eigenvalue weighted by atomic mass is 16.5. The van der Waals surface area contributed by atoms with E-state index in [4.69, 9.17) is 25.2 Å². The summed E-state index contributed by atoms with van der Waals surface area (Å²) in [5, 5.41) is 2.15. The Bertz CT molecular complexity index is 481. The third kappa shape index (κ3) is 2.78. The molecule has 3 nitrogen and oxygen atoms in total. The molecule has 2 atom stereocenters. The van der Waals surface area contributed by atoms with Gasteiger partial charge >= 0.3 is 0 Å². The predicted octanol–water partition coefficient (Wildman–Crippen LogP) is -0.266. The van der Waals surface area contributed by atoms with Gasteiger partial charge in [-0.1, -0.05) is 13.0 Å². The first-order valence-corrected chi connectivity index (χ1v) is 6.68. The molecule has 1 saturated heterocycles. The maximum Gasteiger partial charge on any atom is 0.189 e. The second-order valence-electron chi connectivity index (χ2n) is 5.43. The van der Waals surface area contributed by atoms with Gasteiger partial charge < -0.3 is 14.8 Å². The topological polar surface area (TPSA) is 30.5 Å². The van der Waals surface area contributed by atoms with Crippen LogP contribution in [0.15, 0.2) is 18.2 Å². The first-order valence-electron chi connectivity index (χ1n) is 6.68. The minimum absolute atomic E-state index is 0.241. The Labute approximate surface area is 117 Å². The zero-order valence-corrected chi connectivity index (χ0v) is 11.1. The Morgan fingerprint density at radius 2 is 2.32 bits per heavy atom. The summed E-state index contributed by atoms with van der Waals surface area (Å²) in [5.41, 5.74) is 0.913. The molecule has 0 aromatic heterocycles. The number of ether oxygens (including phenoxy) is 2. The summed E-state index contributed by atoms with van der Waals surface area (Å²) in [6, 6.07) is 5.73. The van der Waals surface area contributed by atoms with Crippen LogP contribution in [-0.2, 0) is 0 Å². The van der Waals surface area contributed by atoms with E-state index in [1.54, 1.807) is 7.28 Å². The van der Waals surface area contributed by atoms with Crippen LogP contribution in [0.4, 0.5) is 0 Å². The molecule has 19 heavy (non-hydrogen) atoms. The molecule has 0 saturated carbocycles. The molecule has 1 aromatic carbocycles. The fourth-order valence-electron chi connectivity index (χ4n) is 2.60. The number of nitrogens with one attached hydrogen (secondary N) is 1. The van der Waals surface area contributed by atoms with Crippen molar-refractivity contribution < 1.29 is 9.47 Å². The van der Waals surface area contributed by atoms with Crippen molar-refractivity contribution in [1.82, 2.24) is 5.32 Å². The van der Waals surface area contributed by atoms with Gasteiger partial charge in [-0.3, -0.25) is 0 Å². The first kappa shape index (κ1) is 13.0. The van der Waals surface area contributed by atoms with Gasteiger partial charge in [0.15, 0.2) is 7.28 Å². The highest BCUT2D eigenvalue weighted by molar-refractivity contribution is 6.77. The summed E-state index contributed by atoms with van der Waals surface area (Å²) in [5.74, 6) is 1.99. The molecule has 2 unspecified atom stereocenters. The Morgan fingerprint density at radius 3 is 3.11 bits per heavy atom. The number of fused-ring (bicyclic) bond motifs is 1. The molecule has 0 spiro atoms. The molecule has 0 aliphatic carbocycles. The van der Waals surface area contributed by atoms with Crippen LogP contribution in [0.2, 0.25) is 0 Å². The molecule has 3 rings (SSSR count). The van der Waals surface area contributed by atoms with E-state index in [-0.39, 0.29) is 6.10 Å². The predicted molar refractivity (Wildman–Crippen MR) is 77.8 cm³/mol. The quantitative estimate of drug-likeness (QED) is 0.733. The Morgan fingerprint density at radius 1 is 1.47 bits per heavy atom. The van der Waals surface area contributed by atoms with Gasteiger partial charge in [-0.05, 0) is 24.5 Å². The molecule has 93 valence electrons. The van der Waals surface area contributed by atoms with Crippen molar-refractivity contribution in [3.8, 4) is 11.5 Å². The van der Waals surface area contributed by atoms with Crippen molar-refractivity contribution >= 4 is 28.4 Å². The molecule has 2 aliphatic rings. The third-order valence-electron chi connectivity index (χ3n) is 3.65. The Hall–Kier alpha value is -1.03. The van der Waals surface area contributed by atoms with Crippen molar-refractivity contribution in [1.29, 1.82) is 0 Å². The average Bonchev–Trinajstić information content (AvgIpc) is 2.65. The summed E-state index contributed by atoms with van der Waals surface area (Å²) in [6.45, 7) is 4.19. The summed E-state index contributed by atoms with van der Waals surface area (Å²) < 4.78 is 11.5. The fourth-order valence-corrected chi connectivity index (χ4v) is 2.60. The number of benzene rings is 1. The van der Waals surface area contributed by atoms with Crippen molar-refractivity contribution in [3.05, 3.63) is 18.2 Å². The lowest BCUT2D eigenvalue weighted by Gasteiger charge is -2.30. The van der Waals surface area contributed by atoms with E-state index >= 15 is 0 Å². The molecule has 2 aliphatic heterocycles. The number of piperidine rings is 1. The van der Waals surface area contributed by atoms with Gasteiger partial charge in [0.2, 0.25) is 0 Å². The molecule has 6 heteroatoms. The zero-order chi connectivity index (χ0) is 13.5. The van der Waals surface area contributed by atoms with E-state index in [1.807, 2.05) is 18.2 Å². The van der Waals surface area contributed by atoms with Crippen molar-refractivity contribution in [2.75, 3.05) is 13.1 Å². The molecular formula is C13H15B3NO2. The van der Waals surface area contributed by atoms with Gasteiger partial charge in [0.25, 0.3) is 0 Å². The Balaban J connectivity index is 1.73. The Kier molecular flexibility index (Phi) is 3.29. The second kappa shape index (κ2) is 4.82. The lowest BCUT2D eigenvalue weighted by Crippen LogP contribution is -2.41. The molecule has 2 heterocycles. The molecular weight excluding hydrogens is 235 g/mol. The molecule has 5 radical (unpaired) electrons. The molecule has 1 fully saturated rings. The third-order valence-corrected chi connectivity index (χ3v) is 3.65. The van der Waals surface area contributed by atoms with E-state index in [2.05, 4.69) is 12.2 Å².